The van der Waals surface area contributed by atoms with Crippen LogP contribution in [0.4, 0.5) is 0 Å². The fourth-order valence-electron chi connectivity index (χ4n) is 3.14. The molecule has 1 saturated carbocycles. The molecule has 3 heteroatoms. The lowest BCUT2D eigenvalue weighted by molar-refractivity contribution is -0.138. The van der Waals surface area contributed by atoms with E-state index in [1.54, 1.807) is 0 Å². The van der Waals surface area contributed by atoms with Crippen LogP contribution in [0.15, 0.2) is 0 Å². The molecule has 0 aromatic rings. The number of carbonyl (C=O) groups is 1. The van der Waals surface area contributed by atoms with Gasteiger partial charge in [-0.3, -0.25) is 4.79 Å². The number of unbranched alkanes of at least 4 members (excludes halogenated alkanes) is 1. The van der Waals surface area contributed by atoms with Gasteiger partial charge in [0, 0.05) is 18.5 Å². The molecule has 19 heavy (non-hydrogen) atoms. The van der Waals surface area contributed by atoms with Crippen LogP contribution in [0.25, 0.3) is 0 Å². The van der Waals surface area contributed by atoms with Crippen molar-refractivity contribution in [3.05, 3.63) is 0 Å². The zero-order chi connectivity index (χ0) is 14.1. The molecule has 1 atom stereocenters. The smallest absolute Gasteiger partial charge is 0.225 e. The van der Waals surface area contributed by atoms with Crippen LogP contribution in [0.3, 0.4) is 0 Å². The number of hydrogen-bond donors (Lipinski definition) is 1. The largest absolute Gasteiger partial charge is 0.339 e. The lowest BCUT2D eigenvalue weighted by atomic mass is 9.96. The molecule has 2 N–H and O–H groups in total. The molecule has 1 rings (SSSR count). The number of hydrogen-bond acceptors (Lipinski definition) is 2. The predicted octanol–water partition coefficient (Wildman–Crippen LogP) is 3.32. The summed E-state index contributed by atoms with van der Waals surface area (Å²) in [6.45, 7) is 5.89. The van der Waals surface area contributed by atoms with Gasteiger partial charge in [-0.15, -0.1) is 0 Å². The van der Waals surface area contributed by atoms with Crippen molar-refractivity contribution in [2.75, 3.05) is 13.1 Å². The highest BCUT2D eigenvalue weighted by molar-refractivity contribution is 5.79. The maximum absolute atomic E-state index is 12.8. The van der Waals surface area contributed by atoms with Gasteiger partial charge in [0.25, 0.3) is 0 Å². The minimum atomic E-state index is 0.235. The highest BCUT2D eigenvalue weighted by atomic mass is 16.2. The maximum Gasteiger partial charge on any atom is 0.225 e. The summed E-state index contributed by atoms with van der Waals surface area (Å²) in [4.78, 5) is 14.9. The number of nitrogens with two attached hydrogens (primary N) is 1. The zero-order valence-electron chi connectivity index (χ0n) is 12.9. The Balaban J connectivity index is 2.62. The van der Waals surface area contributed by atoms with Crippen LogP contribution in [0.2, 0.25) is 0 Å². The minimum absolute atomic E-state index is 0.235. The fourth-order valence-corrected chi connectivity index (χ4v) is 3.14. The van der Waals surface area contributed by atoms with Crippen LogP contribution < -0.4 is 5.73 Å². The average molecular weight is 268 g/mol. The topological polar surface area (TPSA) is 46.3 Å². The van der Waals surface area contributed by atoms with Crippen molar-refractivity contribution in [1.82, 2.24) is 4.90 Å². The summed E-state index contributed by atoms with van der Waals surface area (Å²) in [6.07, 6.45) is 10.3. The first kappa shape index (κ1) is 16.5. The molecule has 0 heterocycles. The van der Waals surface area contributed by atoms with Gasteiger partial charge in [0.1, 0.15) is 0 Å². The third-order valence-corrected chi connectivity index (χ3v) is 4.40. The molecule has 1 amide bonds. The Hall–Kier alpha value is -0.570. The lowest BCUT2D eigenvalue weighted by Crippen LogP contribution is -2.43. The van der Waals surface area contributed by atoms with Gasteiger partial charge in [0.2, 0.25) is 5.91 Å². The predicted molar refractivity (Wildman–Crippen MR) is 80.9 cm³/mol. The normalized spacial score (nSPS) is 17.6. The molecule has 1 unspecified atom stereocenters. The molecule has 0 bridgehead atoms. The van der Waals surface area contributed by atoms with Crippen molar-refractivity contribution in [2.45, 2.75) is 77.7 Å². The number of nitrogens with zero attached hydrogens (tertiary/aromatic N) is 1. The Morgan fingerprint density at radius 2 is 1.95 bits per heavy atom. The van der Waals surface area contributed by atoms with E-state index in [0.29, 0.717) is 18.5 Å². The molecule has 112 valence electrons. The molecule has 3 nitrogen and oxygen atoms in total. The van der Waals surface area contributed by atoms with Crippen LogP contribution in [-0.4, -0.2) is 29.9 Å². The van der Waals surface area contributed by atoms with E-state index in [2.05, 4.69) is 18.7 Å². The molecule has 0 aliphatic heterocycles. The van der Waals surface area contributed by atoms with E-state index in [-0.39, 0.29) is 5.92 Å². The third kappa shape index (κ3) is 5.13. The molecule has 1 fully saturated rings. The Kier molecular flexibility index (Phi) is 8.11. The van der Waals surface area contributed by atoms with E-state index < -0.39 is 0 Å². The molecule has 0 aromatic carbocycles. The van der Waals surface area contributed by atoms with Gasteiger partial charge in [-0.25, -0.2) is 0 Å². The summed E-state index contributed by atoms with van der Waals surface area (Å²) in [6, 6.07) is 0.495. The second-order valence-electron chi connectivity index (χ2n) is 5.86. The third-order valence-electron chi connectivity index (χ3n) is 4.40. The van der Waals surface area contributed by atoms with Crippen molar-refractivity contribution >= 4 is 5.91 Å². The highest BCUT2D eigenvalue weighted by Gasteiger charge is 2.29. The number of amides is 1. The quantitative estimate of drug-likeness (QED) is 0.697. The van der Waals surface area contributed by atoms with Crippen LogP contribution >= 0.6 is 0 Å². The van der Waals surface area contributed by atoms with Gasteiger partial charge in [-0.05, 0) is 38.6 Å². The standard InChI is InChI=1S/C16H32N2O/c1-3-5-9-14(4-2)16(19)18(13-8-12-17)15-10-6-7-11-15/h14-15H,3-13,17H2,1-2H3. The monoisotopic (exact) mass is 268 g/mol. The van der Waals surface area contributed by atoms with Crippen molar-refractivity contribution < 1.29 is 4.79 Å². The zero-order valence-corrected chi connectivity index (χ0v) is 12.9. The first-order valence-corrected chi connectivity index (χ1v) is 8.25. The maximum atomic E-state index is 12.8. The summed E-state index contributed by atoms with van der Waals surface area (Å²) in [5.41, 5.74) is 5.63. The molecule has 1 aliphatic carbocycles. The summed E-state index contributed by atoms with van der Waals surface area (Å²) >= 11 is 0. The van der Waals surface area contributed by atoms with Crippen molar-refractivity contribution in [1.29, 1.82) is 0 Å². The molecule has 0 aromatic heterocycles. The van der Waals surface area contributed by atoms with E-state index in [1.165, 1.54) is 38.5 Å². The van der Waals surface area contributed by atoms with Crippen LogP contribution in [-0.2, 0) is 4.79 Å². The Bertz CT molecular complexity index is 249. The van der Waals surface area contributed by atoms with E-state index in [9.17, 15) is 4.79 Å². The molecule has 0 radical (unpaired) electrons. The first-order valence-electron chi connectivity index (χ1n) is 8.25. The Morgan fingerprint density at radius 3 is 2.47 bits per heavy atom. The summed E-state index contributed by atoms with van der Waals surface area (Å²) in [5.74, 6) is 0.634. The van der Waals surface area contributed by atoms with Crippen molar-refractivity contribution in [2.24, 2.45) is 11.7 Å². The molecule has 0 saturated heterocycles. The van der Waals surface area contributed by atoms with E-state index in [0.717, 1.165) is 25.8 Å². The van der Waals surface area contributed by atoms with E-state index in [1.807, 2.05) is 0 Å². The SMILES string of the molecule is CCCCC(CC)C(=O)N(CCCN)C1CCCC1. The minimum Gasteiger partial charge on any atom is -0.339 e. The second kappa shape index (κ2) is 9.35. The second-order valence-corrected chi connectivity index (χ2v) is 5.86. The average Bonchev–Trinajstić information content (AvgIpc) is 2.94. The van der Waals surface area contributed by atoms with Crippen molar-refractivity contribution in [3.63, 3.8) is 0 Å². The van der Waals surface area contributed by atoms with Gasteiger partial charge in [0.05, 0.1) is 0 Å². The van der Waals surface area contributed by atoms with Gasteiger partial charge in [-0.1, -0.05) is 39.5 Å². The highest BCUT2D eigenvalue weighted by Crippen LogP contribution is 2.26. The van der Waals surface area contributed by atoms with E-state index in [4.69, 9.17) is 5.73 Å². The van der Waals surface area contributed by atoms with Crippen molar-refractivity contribution in [3.8, 4) is 0 Å². The molecular weight excluding hydrogens is 236 g/mol. The van der Waals surface area contributed by atoms with Crippen LogP contribution in [0, 0.1) is 5.92 Å². The first-order chi connectivity index (χ1) is 9.24. The van der Waals surface area contributed by atoms with Gasteiger partial charge >= 0.3 is 0 Å². The molecular formula is C16H32N2O. The summed E-state index contributed by atoms with van der Waals surface area (Å²) in [5, 5.41) is 0. The van der Waals surface area contributed by atoms with E-state index >= 15 is 0 Å². The summed E-state index contributed by atoms with van der Waals surface area (Å²) in [7, 11) is 0. The number of rotatable bonds is 9. The van der Waals surface area contributed by atoms with Gasteiger partial charge in [-0.2, -0.15) is 0 Å². The van der Waals surface area contributed by atoms with Gasteiger partial charge in [0.15, 0.2) is 0 Å². The Morgan fingerprint density at radius 1 is 1.26 bits per heavy atom. The Labute approximate surface area is 118 Å². The molecule has 1 aliphatic rings. The van der Waals surface area contributed by atoms with Crippen LogP contribution in [0.5, 0.6) is 0 Å². The number of carbonyl (C=O) groups excluding carboxylic acids is 1. The van der Waals surface area contributed by atoms with Crippen LogP contribution in [0.1, 0.15) is 71.6 Å². The fraction of sp³-hybridized carbons (Fsp3) is 0.938. The summed E-state index contributed by atoms with van der Waals surface area (Å²) < 4.78 is 0. The molecule has 0 spiro atoms. The lowest BCUT2D eigenvalue weighted by Gasteiger charge is -2.32. The van der Waals surface area contributed by atoms with Gasteiger partial charge < -0.3 is 10.6 Å².